The number of hydrogen-bond acceptors (Lipinski definition) is 7. The summed E-state index contributed by atoms with van der Waals surface area (Å²) >= 11 is 0. The van der Waals surface area contributed by atoms with E-state index in [-0.39, 0.29) is 31.8 Å². The van der Waals surface area contributed by atoms with Crippen molar-refractivity contribution in [1.82, 2.24) is 21.0 Å². The van der Waals surface area contributed by atoms with Gasteiger partial charge in [-0.25, -0.2) is 9.59 Å². The second kappa shape index (κ2) is 12.5. The molecular formula is C31H30N4O7. The van der Waals surface area contributed by atoms with E-state index in [0.29, 0.717) is 5.06 Å². The van der Waals surface area contributed by atoms with Gasteiger partial charge in [-0.3, -0.25) is 19.7 Å². The summed E-state index contributed by atoms with van der Waals surface area (Å²) in [6.45, 7) is 1.55. The van der Waals surface area contributed by atoms with E-state index in [2.05, 4.69) is 16.0 Å². The van der Waals surface area contributed by atoms with Gasteiger partial charge in [-0.2, -0.15) is 0 Å². The van der Waals surface area contributed by atoms with E-state index in [4.69, 9.17) is 9.57 Å². The number of alkyl carbamates (subject to hydrolysis) is 1. The molecule has 0 aromatic heterocycles. The van der Waals surface area contributed by atoms with Gasteiger partial charge in [0.1, 0.15) is 18.8 Å². The van der Waals surface area contributed by atoms with Crippen LogP contribution in [0.1, 0.15) is 42.4 Å². The Morgan fingerprint density at radius 1 is 0.786 bits per heavy atom. The van der Waals surface area contributed by atoms with Gasteiger partial charge in [0.25, 0.3) is 11.8 Å². The summed E-state index contributed by atoms with van der Waals surface area (Å²) in [7, 11) is 0. The molecular weight excluding hydrogens is 540 g/mol. The van der Waals surface area contributed by atoms with Crippen LogP contribution in [0.5, 0.6) is 0 Å². The molecule has 0 unspecified atom stereocenters. The van der Waals surface area contributed by atoms with Gasteiger partial charge >= 0.3 is 12.2 Å². The summed E-state index contributed by atoms with van der Waals surface area (Å²) in [5, 5.41) is 8.00. The smallest absolute Gasteiger partial charge is 0.433 e. The molecule has 216 valence electrons. The van der Waals surface area contributed by atoms with Crippen molar-refractivity contribution >= 4 is 29.9 Å². The number of imide groups is 1. The van der Waals surface area contributed by atoms with Gasteiger partial charge in [0.05, 0.1) is 0 Å². The number of carbonyl (C=O) groups excluding carboxylic acids is 5. The minimum Gasteiger partial charge on any atom is -0.449 e. The zero-order chi connectivity index (χ0) is 29.6. The summed E-state index contributed by atoms with van der Waals surface area (Å²) in [5.41, 5.74) is 5.12. The molecule has 42 heavy (non-hydrogen) atoms. The van der Waals surface area contributed by atoms with Crippen molar-refractivity contribution < 1.29 is 33.5 Å². The van der Waals surface area contributed by atoms with E-state index in [0.717, 1.165) is 27.8 Å². The number of benzene rings is 3. The highest BCUT2D eigenvalue weighted by Crippen LogP contribution is 2.44. The van der Waals surface area contributed by atoms with Crippen molar-refractivity contribution in [2.75, 3.05) is 6.61 Å². The molecule has 1 aliphatic carbocycles. The zero-order valence-corrected chi connectivity index (χ0v) is 22.9. The Labute approximate surface area is 242 Å². The van der Waals surface area contributed by atoms with Crippen molar-refractivity contribution in [2.24, 2.45) is 0 Å². The fourth-order valence-electron chi connectivity index (χ4n) is 5.14. The van der Waals surface area contributed by atoms with E-state index in [1.165, 1.54) is 6.92 Å². The summed E-state index contributed by atoms with van der Waals surface area (Å²) in [6, 6.07) is 24.0. The number of rotatable bonds is 9. The molecule has 5 rings (SSSR count). The fraction of sp³-hybridized carbons (Fsp3) is 0.258. The van der Waals surface area contributed by atoms with Crippen LogP contribution in [0, 0.1) is 0 Å². The summed E-state index contributed by atoms with van der Waals surface area (Å²) < 4.78 is 5.63. The third-order valence-electron chi connectivity index (χ3n) is 7.11. The Kier molecular flexibility index (Phi) is 8.47. The molecule has 11 nitrogen and oxygen atoms in total. The maximum atomic E-state index is 13.2. The number of hydroxylamine groups is 2. The first-order chi connectivity index (χ1) is 20.3. The molecule has 1 heterocycles. The Morgan fingerprint density at radius 2 is 1.36 bits per heavy atom. The Morgan fingerprint density at radius 3 is 1.98 bits per heavy atom. The van der Waals surface area contributed by atoms with Crippen molar-refractivity contribution in [3.05, 3.63) is 95.6 Å². The molecule has 2 aliphatic rings. The molecule has 5 amide bonds. The van der Waals surface area contributed by atoms with E-state index < -0.39 is 42.1 Å². The van der Waals surface area contributed by atoms with Crippen LogP contribution < -0.4 is 16.0 Å². The lowest BCUT2D eigenvalue weighted by molar-refractivity contribution is -0.171. The van der Waals surface area contributed by atoms with Gasteiger partial charge in [-0.15, -0.1) is 5.06 Å². The number of fused-ring (bicyclic) bond motifs is 3. The van der Waals surface area contributed by atoms with Gasteiger partial charge in [0, 0.05) is 25.2 Å². The zero-order valence-electron chi connectivity index (χ0n) is 22.9. The van der Waals surface area contributed by atoms with Gasteiger partial charge in [-0.05, 0) is 34.7 Å². The highest BCUT2D eigenvalue weighted by atomic mass is 16.7. The van der Waals surface area contributed by atoms with Crippen LogP contribution in [0.25, 0.3) is 11.1 Å². The molecule has 1 aliphatic heterocycles. The van der Waals surface area contributed by atoms with Crippen LogP contribution in [0.2, 0.25) is 0 Å². The molecule has 0 saturated carbocycles. The molecule has 0 spiro atoms. The highest BCUT2D eigenvalue weighted by molar-refractivity contribution is 6.01. The first kappa shape index (κ1) is 28.3. The molecule has 1 saturated heterocycles. The van der Waals surface area contributed by atoms with E-state index in [9.17, 15) is 24.0 Å². The van der Waals surface area contributed by atoms with Crippen LogP contribution in [0.15, 0.2) is 78.9 Å². The SMILES string of the molecule is C[C@H](NC(=O)ON1C(=O)CCC1=O)NC(=O)[C@H](Cc1ccccc1)NC(=O)OCC1c2ccccc2-c2ccccc21. The maximum Gasteiger partial charge on any atom is 0.433 e. The highest BCUT2D eigenvalue weighted by Gasteiger charge is 2.34. The van der Waals surface area contributed by atoms with Gasteiger partial charge in [0.2, 0.25) is 5.91 Å². The average Bonchev–Trinajstić information content (AvgIpc) is 3.47. The lowest BCUT2D eigenvalue weighted by Gasteiger charge is -2.23. The van der Waals surface area contributed by atoms with Crippen LogP contribution in [-0.2, 0) is 30.4 Å². The Hall–Kier alpha value is -5.19. The molecule has 1 fully saturated rings. The lowest BCUT2D eigenvalue weighted by atomic mass is 9.98. The van der Waals surface area contributed by atoms with E-state index in [1.807, 2.05) is 78.9 Å². The van der Waals surface area contributed by atoms with Crippen LogP contribution in [0.3, 0.4) is 0 Å². The van der Waals surface area contributed by atoms with Gasteiger partial charge < -0.3 is 20.2 Å². The standard InChI is InChI=1S/C31H30N4O7/c1-19(33-31(40)42-35-27(36)15-16-28(35)37)32-29(38)26(17-20-9-3-2-4-10-20)34-30(39)41-18-25-23-13-7-5-11-21(23)22-12-6-8-14-24(22)25/h2-14,19,25-26H,15-18H2,1H3,(H,32,38)(H,33,40)(H,34,39)/t19-,26-/m0/s1. The minimum absolute atomic E-state index is 0.0406. The molecule has 3 N–H and O–H groups in total. The first-order valence-electron chi connectivity index (χ1n) is 13.6. The Balaban J connectivity index is 1.21. The largest absolute Gasteiger partial charge is 0.449 e. The molecule has 0 radical (unpaired) electrons. The van der Waals surface area contributed by atoms with E-state index in [1.54, 1.807) is 0 Å². The predicted molar refractivity (Wildman–Crippen MR) is 150 cm³/mol. The van der Waals surface area contributed by atoms with Crippen LogP contribution in [0.4, 0.5) is 9.59 Å². The molecule has 2 atom stereocenters. The number of amides is 5. The third kappa shape index (κ3) is 6.41. The van der Waals surface area contributed by atoms with Crippen LogP contribution in [-0.4, -0.2) is 53.8 Å². The number of ether oxygens (including phenoxy) is 1. The third-order valence-corrected chi connectivity index (χ3v) is 7.11. The second-order valence-corrected chi connectivity index (χ2v) is 10.0. The van der Waals surface area contributed by atoms with E-state index >= 15 is 0 Å². The average molecular weight is 571 g/mol. The predicted octanol–water partition coefficient (Wildman–Crippen LogP) is 3.39. The summed E-state index contributed by atoms with van der Waals surface area (Å²) in [6.07, 6.45) is -2.73. The topological polar surface area (TPSA) is 143 Å². The number of carbonyl (C=O) groups is 5. The summed E-state index contributed by atoms with van der Waals surface area (Å²) in [4.78, 5) is 66.5. The molecule has 11 heteroatoms. The monoisotopic (exact) mass is 570 g/mol. The number of hydrogen-bond donors (Lipinski definition) is 3. The molecule has 3 aromatic carbocycles. The van der Waals surface area contributed by atoms with Gasteiger partial charge in [0.15, 0.2) is 0 Å². The second-order valence-electron chi connectivity index (χ2n) is 10.0. The molecule has 3 aromatic rings. The lowest BCUT2D eigenvalue weighted by Crippen LogP contribution is -2.54. The minimum atomic E-state index is -1.09. The van der Waals surface area contributed by atoms with Crippen molar-refractivity contribution in [1.29, 1.82) is 0 Å². The van der Waals surface area contributed by atoms with Crippen molar-refractivity contribution in [3.8, 4) is 11.1 Å². The normalized spacial score (nSPS) is 15.3. The maximum absolute atomic E-state index is 13.2. The summed E-state index contributed by atoms with van der Waals surface area (Å²) in [5.74, 6) is -1.98. The van der Waals surface area contributed by atoms with Gasteiger partial charge in [-0.1, -0.05) is 78.9 Å². The van der Waals surface area contributed by atoms with Crippen LogP contribution >= 0.6 is 0 Å². The number of nitrogens with zero attached hydrogens (tertiary/aromatic N) is 1. The molecule has 0 bridgehead atoms. The number of nitrogens with one attached hydrogen (secondary N) is 3. The first-order valence-corrected chi connectivity index (χ1v) is 13.6. The Bertz CT molecular complexity index is 1450. The van der Waals surface area contributed by atoms with Crippen molar-refractivity contribution in [2.45, 2.75) is 44.3 Å². The fourth-order valence-corrected chi connectivity index (χ4v) is 5.14. The quantitative estimate of drug-likeness (QED) is 0.264. The van der Waals surface area contributed by atoms with Crippen molar-refractivity contribution in [3.63, 3.8) is 0 Å².